The Morgan fingerprint density at radius 3 is 2.62 bits per heavy atom. The Morgan fingerprint density at radius 2 is 1.88 bits per heavy atom. The summed E-state index contributed by atoms with van der Waals surface area (Å²) in [5.41, 5.74) is 2.17. The Labute approximate surface area is 144 Å². The molecule has 0 atom stereocenters. The molecule has 24 heavy (non-hydrogen) atoms. The average Bonchev–Trinajstić information content (AvgIpc) is 3.27. The Hall–Kier alpha value is -2.67. The lowest BCUT2D eigenvalue weighted by Crippen LogP contribution is -2.37. The van der Waals surface area contributed by atoms with Gasteiger partial charge in [0.25, 0.3) is 0 Å². The second-order valence-electron chi connectivity index (χ2n) is 5.24. The third kappa shape index (κ3) is 4.66. The van der Waals surface area contributed by atoms with Crippen LogP contribution in [0.4, 0.5) is 4.79 Å². The van der Waals surface area contributed by atoms with Crippen molar-refractivity contribution in [2.45, 2.75) is 12.8 Å². The summed E-state index contributed by atoms with van der Waals surface area (Å²) in [6.07, 6.45) is 5.11. The molecule has 0 saturated carbocycles. The number of aromatic nitrogens is 3. The number of hydrogen-bond acceptors (Lipinski definition) is 4. The fraction of sp³-hybridized carbons (Fsp3) is 0.235. The molecule has 0 bridgehead atoms. The lowest BCUT2D eigenvalue weighted by molar-refractivity contribution is 0.241. The van der Waals surface area contributed by atoms with E-state index in [0.29, 0.717) is 19.5 Å². The fourth-order valence-electron chi connectivity index (χ4n) is 2.23. The molecule has 0 saturated heterocycles. The topological polar surface area (TPSA) is 71.8 Å². The van der Waals surface area contributed by atoms with Crippen LogP contribution in [0.2, 0.25) is 0 Å². The molecule has 0 unspecified atom stereocenters. The van der Waals surface area contributed by atoms with Gasteiger partial charge >= 0.3 is 6.03 Å². The predicted molar refractivity (Wildman–Crippen MR) is 94.5 cm³/mol. The van der Waals surface area contributed by atoms with Gasteiger partial charge in [-0.3, -0.25) is 0 Å². The van der Waals surface area contributed by atoms with Crippen LogP contribution >= 0.6 is 11.3 Å². The number of urea groups is 1. The minimum atomic E-state index is -0.145. The molecule has 3 aromatic rings. The minimum absolute atomic E-state index is 0.145. The monoisotopic (exact) mass is 341 g/mol. The van der Waals surface area contributed by atoms with Crippen LogP contribution in [0, 0.1) is 0 Å². The molecule has 0 aliphatic heterocycles. The first-order valence-electron chi connectivity index (χ1n) is 7.81. The van der Waals surface area contributed by atoms with Crippen molar-refractivity contribution in [2.24, 2.45) is 0 Å². The standard InChI is InChI=1S/C17H19N5OS/c23-16(18-10-7-14-5-2-1-3-6-14)19-11-8-15-13-24-17(21-15)22-12-4-9-20-22/h1-6,9,12-13H,7-8,10-11H2,(H2,18,19,23). The predicted octanol–water partition coefficient (Wildman–Crippen LogP) is 2.41. The first-order chi connectivity index (χ1) is 11.8. The van der Waals surface area contributed by atoms with Crippen LogP contribution in [-0.2, 0) is 12.8 Å². The van der Waals surface area contributed by atoms with Gasteiger partial charge in [0.15, 0.2) is 0 Å². The van der Waals surface area contributed by atoms with Crippen molar-refractivity contribution in [3.05, 3.63) is 65.4 Å². The van der Waals surface area contributed by atoms with Crippen molar-refractivity contribution in [1.82, 2.24) is 25.4 Å². The van der Waals surface area contributed by atoms with Crippen LogP contribution in [0.25, 0.3) is 5.13 Å². The molecule has 2 N–H and O–H groups in total. The smallest absolute Gasteiger partial charge is 0.314 e. The van der Waals surface area contributed by atoms with Gasteiger partial charge in [0.05, 0.1) is 5.69 Å². The van der Waals surface area contributed by atoms with Crippen molar-refractivity contribution in [3.63, 3.8) is 0 Å². The molecule has 6 nitrogen and oxygen atoms in total. The molecular weight excluding hydrogens is 322 g/mol. The highest BCUT2D eigenvalue weighted by molar-refractivity contribution is 7.12. The van der Waals surface area contributed by atoms with E-state index < -0.39 is 0 Å². The maximum absolute atomic E-state index is 11.8. The number of benzene rings is 1. The van der Waals surface area contributed by atoms with Crippen molar-refractivity contribution in [3.8, 4) is 5.13 Å². The highest BCUT2D eigenvalue weighted by atomic mass is 32.1. The highest BCUT2D eigenvalue weighted by Crippen LogP contribution is 2.13. The lowest BCUT2D eigenvalue weighted by Gasteiger charge is -2.07. The zero-order valence-corrected chi connectivity index (χ0v) is 14.0. The summed E-state index contributed by atoms with van der Waals surface area (Å²) in [6, 6.07) is 11.8. The van der Waals surface area contributed by atoms with Gasteiger partial charge in [-0.05, 0) is 18.1 Å². The Balaban J connectivity index is 1.35. The van der Waals surface area contributed by atoms with Gasteiger partial charge in [0, 0.05) is 37.3 Å². The van der Waals surface area contributed by atoms with Gasteiger partial charge in [-0.2, -0.15) is 5.10 Å². The molecule has 0 aliphatic rings. The summed E-state index contributed by atoms with van der Waals surface area (Å²) in [5.74, 6) is 0. The van der Waals surface area contributed by atoms with Gasteiger partial charge in [0.2, 0.25) is 5.13 Å². The van der Waals surface area contributed by atoms with Crippen LogP contribution < -0.4 is 10.6 Å². The SMILES string of the molecule is O=C(NCCc1ccccc1)NCCc1csc(-n2cccn2)n1. The molecule has 0 spiro atoms. The number of nitrogens with zero attached hydrogens (tertiary/aromatic N) is 3. The summed E-state index contributed by atoms with van der Waals surface area (Å²) >= 11 is 1.54. The van der Waals surface area contributed by atoms with E-state index in [-0.39, 0.29) is 6.03 Å². The summed E-state index contributed by atoms with van der Waals surface area (Å²) in [7, 11) is 0. The zero-order chi connectivity index (χ0) is 16.6. The van der Waals surface area contributed by atoms with E-state index in [2.05, 4.69) is 32.8 Å². The summed E-state index contributed by atoms with van der Waals surface area (Å²) in [4.78, 5) is 16.3. The van der Waals surface area contributed by atoms with E-state index >= 15 is 0 Å². The number of hydrogen-bond donors (Lipinski definition) is 2. The average molecular weight is 341 g/mol. The van der Waals surface area contributed by atoms with Gasteiger partial charge < -0.3 is 10.6 Å². The van der Waals surface area contributed by atoms with Gasteiger partial charge in [-0.25, -0.2) is 14.5 Å². The Bertz CT molecular complexity index is 754. The third-order valence-corrected chi connectivity index (χ3v) is 4.33. The number of carbonyl (C=O) groups is 1. The van der Waals surface area contributed by atoms with Crippen LogP contribution in [0.5, 0.6) is 0 Å². The summed E-state index contributed by atoms with van der Waals surface area (Å²) in [6.45, 7) is 1.18. The zero-order valence-electron chi connectivity index (χ0n) is 13.2. The van der Waals surface area contributed by atoms with E-state index in [1.165, 1.54) is 16.9 Å². The van der Waals surface area contributed by atoms with Crippen molar-refractivity contribution in [2.75, 3.05) is 13.1 Å². The number of amides is 2. The fourth-order valence-corrected chi connectivity index (χ4v) is 3.03. The van der Waals surface area contributed by atoms with Crippen molar-refractivity contribution < 1.29 is 4.79 Å². The number of thiazole rings is 1. The molecule has 0 radical (unpaired) electrons. The quantitative estimate of drug-likeness (QED) is 0.693. The number of nitrogens with one attached hydrogen (secondary N) is 2. The molecule has 2 heterocycles. The van der Waals surface area contributed by atoms with Crippen LogP contribution in [-0.4, -0.2) is 33.9 Å². The van der Waals surface area contributed by atoms with Gasteiger partial charge in [-0.1, -0.05) is 30.3 Å². The Morgan fingerprint density at radius 1 is 1.08 bits per heavy atom. The van der Waals surface area contributed by atoms with E-state index in [0.717, 1.165) is 17.2 Å². The normalized spacial score (nSPS) is 10.5. The minimum Gasteiger partial charge on any atom is -0.338 e. The molecule has 1 aromatic carbocycles. The maximum atomic E-state index is 11.8. The first kappa shape index (κ1) is 16.2. The molecule has 0 aliphatic carbocycles. The van der Waals surface area contributed by atoms with Crippen molar-refractivity contribution in [1.29, 1.82) is 0 Å². The molecule has 7 heteroatoms. The number of carbonyl (C=O) groups excluding carboxylic acids is 1. The van der Waals surface area contributed by atoms with Crippen LogP contribution in [0.3, 0.4) is 0 Å². The first-order valence-corrected chi connectivity index (χ1v) is 8.69. The summed E-state index contributed by atoms with van der Waals surface area (Å²) in [5, 5.41) is 12.7. The summed E-state index contributed by atoms with van der Waals surface area (Å²) < 4.78 is 1.73. The maximum Gasteiger partial charge on any atom is 0.314 e. The highest BCUT2D eigenvalue weighted by Gasteiger charge is 2.05. The molecule has 124 valence electrons. The van der Waals surface area contributed by atoms with E-state index in [4.69, 9.17) is 0 Å². The second-order valence-corrected chi connectivity index (χ2v) is 6.08. The Kier molecular flexibility index (Phi) is 5.57. The molecular formula is C17H19N5OS. The van der Waals surface area contributed by atoms with E-state index in [1.807, 2.05) is 35.8 Å². The largest absolute Gasteiger partial charge is 0.338 e. The van der Waals surface area contributed by atoms with Gasteiger partial charge in [0.1, 0.15) is 0 Å². The van der Waals surface area contributed by atoms with Gasteiger partial charge in [-0.15, -0.1) is 11.3 Å². The molecule has 2 amide bonds. The van der Waals surface area contributed by atoms with E-state index in [9.17, 15) is 4.79 Å². The molecule has 0 fully saturated rings. The van der Waals surface area contributed by atoms with Crippen molar-refractivity contribution >= 4 is 17.4 Å². The third-order valence-electron chi connectivity index (χ3n) is 3.45. The number of rotatable bonds is 7. The molecule has 2 aromatic heterocycles. The molecule has 3 rings (SSSR count). The van der Waals surface area contributed by atoms with Crippen LogP contribution in [0.1, 0.15) is 11.3 Å². The van der Waals surface area contributed by atoms with E-state index in [1.54, 1.807) is 10.9 Å². The van der Waals surface area contributed by atoms with Crippen LogP contribution in [0.15, 0.2) is 54.2 Å². The second kappa shape index (κ2) is 8.26. The lowest BCUT2D eigenvalue weighted by atomic mass is 10.1.